The fraction of sp³-hybridized carbons (Fsp3) is 0.269. The number of hydrogen-bond acceptors (Lipinski definition) is 3. The van der Waals surface area contributed by atoms with E-state index in [1.54, 1.807) is 12.1 Å². The Hall–Kier alpha value is -2.67. The van der Waals surface area contributed by atoms with Gasteiger partial charge in [0.25, 0.3) is 0 Å². The van der Waals surface area contributed by atoms with Crippen molar-refractivity contribution in [3.63, 3.8) is 0 Å². The number of aliphatic carboxylic acids is 1. The van der Waals surface area contributed by atoms with Crippen LogP contribution >= 0.6 is 11.6 Å². The van der Waals surface area contributed by atoms with Crippen molar-refractivity contribution >= 4 is 27.6 Å². The molecule has 0 aliphatic carbocycles. The maximum atomic E-state index is 13.0. The topological polar surface area (TPSA) is 83.5 Å². The number of carboxylic acid groups (broad SMARTS) is 1. The van der Waals surface area contributed by atoms with Gasteiger partial charge in [-0.25, -0.2) is 13.1 Å². The molecule has 0 spiro atoms. The Morgan fingerprint density at radius 1 is 0.909 bits per heavy atom. The van der Waals surface area contributed by atoms with E-state index >= 15 is 0 Å². The second kappa shape index (κ2) is 11.5. The number of sulfonamides is 1. The molecule has 0 radical (unpaired) electrons. The summed E-state index contributed by atoms with van der Waals surface area (Å²) in [5.74, 6) is -0.806. The van der Waals surface area contributed by atoms with Crippen molar-refractivity contribution in [3.8, 4) is 0 Å². The average Bonchev–Trinajstić information content (AvgIpc) is 2.78. The van der Waals surface area contributed by atoms with Crippen LogP contribution in [0, 0.1) is 6.92 Å². The smallest absolute Gasteiger partial charge is 0.303 e. The van der Waals surface area contributed by atoms with E-state index < -0.39 is 22.0 Å². The molecule has 5 nitrogen and oxygen atoms in total. The quantitative estimate of drug-likeness (QED) is 0.364. The minimum atomic E-state index is -3.74. The number of carbonyl (C=O) groups is 1. The highest BCUT2D eigenvalue weighted by atomic mass is 35.5. The minimum absolute atomic E-state index is 0.127. The number of benzene rings is 3. The zero-order valence-corrected chi connectivity index (χ0v) is 20.1. The molecule has 0 aromatic heterocycles. The largest absolute Gasteiger partial charge is 0.481 e. The van der Waals surface area contributed by atoms with Gasteiger partial charge in [-0.3, -0.25) is 4.79 Å². The Balaban J connectivity index is 1.79. The van der Waals surface area contributed by atoms with Gasteiger partial charge in [0.2, 0.25) is 10.0 Å². The third-order valence-corrected chi connectivity index (χ3v) is 7.24. The molecular weight excluding hydrogens is 458 g/mol. The highest BCUT2D eigenvalue weighted by molar-refractivity contribution is 7.89. The molecule has 0 aliphatic heterocycles. The highest BCUT2D eigenvalue weighted by Gasteiger charge is 2.21. The van der Waals surface area contributed by atoms with E-state index in [2.05, 4.69) is 16.9 Å². The molecule has 0 saturated heterocycles. The summed E-state index contributed by atoms with van der Waals surface area (Å²) in [5.41, 5.74) is 4.21. The predicted molar refractivity (Wildman–Crippen MR) is 131 cm³/mol. The number of hydrogen-bond donors (Lipinski definition) is 2. The van der Waals surface area contributed by atoms with Gasteiger partial charge in [0.1, 0.15) is 0 Å². The predicted octanol–water partition coefficient (Wildman–Crippen LogP) is 5.71. The maximum Gasteiger partial charge on any atom is 0.303 e. The first kappa shape index (κ1) is 25.0. The average molecular weight is 486 g/mol. The van der Waals surface area contributed by atoms with Crippen LogP contribution in [0.2, 0.25) is 5.02 Å². The van der Waals surface area contributed by atoms with Gasteiger partial charge in [-0.15, -0.1) is 0 Å². The van der Waals surface area contributed by atoms with Crippen LogP contribution in [0.25, 0.3) is 0 Å². The first-order valence-corrected chi connectivity index (χ1v) is 12.7. The van der Waals surface area contributed by atoms with Crippen molar-refractivity contribution in [2.24, 2.45) is 0 Å². The van der Waals surface area contributed by atoms with Crippen LogP contribution < -0.4 is 4.72 Å². The van der Waals surface area contributed by atoms with E-state index in [-0.39, 0.29) is 11.3 Å². The van der Waals surface area contributed by atoms with E-state index in [9.17, 15) is 13.2 Å². The third kappa shape index (κ3) is 7.70. The zero-order valence-electron chi connectivity index (χ0n) is 18.5. The maximum absolute atomic E-state index is 13.0. The van der Waals surface area contributed by atoms with Crippen molar-refractivity contribution in [1.29, 1.82) is 0 Å². The molecule has 33 heavy (non-hydrogen) atoms. The fourth-order valence-electron chi connectivity index (χ4n) is 3.59. The highest BCUT2D eigenvalue weighted by Crippen LogP contribution is 2.24. The first-order chi connectivity index (χ1) is 15.7. The van der Waals surface area contributed by atoms with Gasteiger partial charge in [0.05, 0.1) is 4.90 Å². The molecule has 0 amide bonds. The molecular formula is C26H28ClNO4S. The Morgan fingerprint density at radius 2 is 1.48 bits per heavy atom. The Bertz CT molecular complexity index is 1160. The molecule has 7 heteroatoms. The molecule has 0 saturated carbocycles. The van der Waals surface area contributed by atoms with Crippen LogP contribution in [0.1, 0.15) is 47.6 Å². The molecule has 1 unspecified atom stereocenters. The lowest BCUT2D eigenvalue weighted by Crippen LogP contribution is -2.29. The second-order valence-electron chi connectivity index (χ2n) is 8.14. The molecule has 3 rings (SSSR count). The lowest BCUT2D eigenvalue weighted by atomic mass is 9.97. The van der Waals surface area contributed by atoms with Gasteiger partial charge >= 0.3 is 5.97 Å². The Kier molecular flexibility index (Phi) is 8.67. The first-order valence-electron chi connectivity index (χ1n) is 10.9. The third-order valence-electron chi connectivity index (χ3n) is 5.50. The summed E-state index contributed by atoms with van der Waals surface area (Å²) in [6.45, 7) is 2.03. The van der Waals surface area contributed by atoms with Crippen molar-refractivity contribution in [2.75, 3.05) is 0 Å². The molecule has 0 heterocycles. The van der Waals surface area contributed by atoms with Crippen LogP contribution in [0.4, 0.5) is 0 Å². The van der Waals surface area contributed by atoms with E-state index in [4.69, 9.17) is 16.7 Å². The van der Waals surface area contributed by atoms with Crippen LogP contribution in [0.5, 0.6) is 0 Å². The van der Waals surface area contributed by atoms with E-state index in [0.29, 0.717) is 30.7 Å². The number of aryl methyl sites for hydroxylation is 3. The van der Waals surface area contributed by atoms with E-state index in [1.165, 1.54) is 17.7 Å². The normalized spacial score (nSPS) is 12.4. The van der Waals surface area contributed by atoms with Crippen molar-refractivity contribution in [1.82, 2.24) is 4.72 Å². The summed E-state index contributed by atoms with van der Waals surface area (Å²) >= 11 is 5.91. The van der Waals surface area contributed by atoms with Crippen molar-refractivity contribution < 1.29 is 18.3 Å². The van der Waals surface area contributed by atoms with E-state index in [0.717, 1.165) is 16.7 Å². The van der Waals surface area contributed by atoms with Crippen LogP contribution in [0.3, 0.4) is 0 Å². The van der Waals surface area contributed by atoms with Crippen molar-refractivity contribution in [3.05, 3.63) is 100 Å². The monoisotopic (exact) mass is 485 g/mol. The summed E-state index contributed by atoms with van der Waals surface area (Å²) in [6.07, 6.45) is 2.66. The molecule has 1 atom stereocenters. The van der Waals surface area contributed by atoms with Gasteiger partial charge in [-0.05, 0) is 73.6 Å². The lowest BCUT2D eigenvalue weighted by Gasteiger charge is -2.20. The standard InChI is InChI=1S/C26H28ClNO4S/c1-19-5-7-21(8-6-19)11-18-25(28-33(31,32)24-16-14-23(27)15-17-24)22-12-9-20(10-13-22)3-2-4-26(29)30/h5-10,12-17,25,28H,2-4,11,18H2,1H3,(H,29,30). The lowest BCUT2D eigenvalue weighted by molar-refractivity contribution is -0.137. The van der Waals surface area contributed by atoms with Gasteiger partial charge in [0.15, 0.2) is 0 Å². The van der Waals surface area contributed by atoms with Crippen LogP contribution in [-0.4, -0.2) is 19.5 Å². The zero-order chi connectivity index (χ0) is 23.8. The summed E-state index contributed by atoms with van der Waals surface area (Å²) in [7, 11) is -3.74. The second-order valence-corrected chi connectivity index (χ2v) is 10.3. The fourth-order valence-corrected chi connectivity index (χ4v) is 4.97. The summed E-state index contributed by atoms with van der Waals surface area (Å²) in [4.78, 5) is 10.9. The van der Waals surface area contributed by atoms with Crippen LogP contribution in [-0.2, 0) is 27.7 Å². The molecule has 3 aromatic rings. The molecule has 3 aromatic carbocycles. The van der Waals surface area contributed by atoms with Crippen molar-refractivity contribution in [2.45, 2.75) is 50.0 Å². The SMILES string of the molecule is Cc1ccc(CCC(NS(=O)(=O)c2ccc(Cl)cc2)c2ccc(CCCC(=O)O)cc2)cc1. The van der Waals surface area contributed by atoms with E-state index in [1.807, 2.05) is 43.3 Å². The Morgan fingerprint density at radius 3 is 2.09 bits per heavy atom. The molecule has 2 N–H and O–H groups in total. The van der Waals surface area contributed by atoms with Gasteiger partial charge in [-0.1, -0.05) is 65.7 Å². The number of nitrogens with one attached hydrogen (secondary N) is 1. The molecule has 0 bridgehead atoms. The summed E-state index contributed by atoms with van der Waals surface area (Å²) in [6, 6.07) is 21.6. The van der Waals surface area contributed by atoms with Gasteiger partial charge in [-0.2, -0.15) is 0 Å². The number of halogens is 1. The van der Waals surface area contributed by atoms with Gasteiger partial charge < -0.3 is 5.11 Å². The van der Waals surface area contributed by atoms with Gasteiger partial charge in [0, 0.05) is 17.5 Å². The molecule has 0 fully saturated rings. The van der Waals surface area contributed by atoms with Crippen LogP contribution in [0.15, 0.2) is 77.7 Å². The minimum Gasteiger partial charge on any atom is -0.481 e. The Labute approximate surface area is 200 Å². The summed E-state index contributed by atoms with van der Waals surface area (Å²) in [5, 5.41) is 9.30. The molecule has 174 valence electrons. The number of carboxylic acids is 1. The molecule has 0 aliphatic rings. The summed E-state index contributed by atoms with van der Waals surface area (Å²) < 4.78 is 28.9. The number of rotatable bonds is 11.